The number of likely N-dealkylation sites (N-methyl/N-ethyl adjacent to an activating group) is 1. The maximum absolute atomic E-state index is 12.3. The van der Waals surface area contributed by atoms with Gasteiger partial charge in [0.25, 0.3) is 0 Å². The first-order valence-electron chi connectivity index (χ1n) is 9.99. The summed E-state index contributed by atoms with van der Waals surface area (Å²) in [5, 5.41) is 5.93. The number of sulfone groups is 1. The van der Waals surface area contributed by atoms with E-state index in [0.29, 0.717) is 12.1 Å². The highest BCUT2D eigenvalue weighted by Crippen LogP contribution is 2.28. The lowest BCUT2D eigenvalue weighted by molar-refractivity contribution is -0.117. The van der Waals surface area contributed by atoms with E-state index in [0.717, 1.165) is 42.7 Å². The summed E-state index contributed by atoms with van der Waals surface area (Å²) < 4.78 is 28.6. The SMILES string of the molecule is CN(CC(=O)Nc1ccc(-c2csc(N3CCOCC3)n2)cc1)[C@H]1CCS(=O)(=O)C1. The maximum Gasteiger partial charge on any atom is 0.238 e. The molecule has 1 N–H and O–H groups in total. The molecule has 2 aliphatic heterocycles. The Kier molecular flexibility index (Phi) is 6.37. The number of anilines is 2. The predicted octanol–water partition coefficient (Wildman–Crippen LogP) is 1.70. The van der Waals surface area contributed by atoms with Gasteiger partial charge in [-0.15, -0.1) is 11.3 Å². The van der Waals surface area contributed by atoms with Crippen LogP contribution >= 0.6 is 11.3 Å². The molecule has 0 unspecified atom stereocenters. The van der Waals surface area contributed by atoms with Gasteiger partial charge in [0.05, 0.1) is 37.0 Å². The molecule has 1 aromatic carbocycles. The van der Waals surface area contributed by atoms with Crippen molar-refractivity contribution in [3.05, 3.63) is 29.6 Å². The van der Waals surface area contributed by atoms with Crippen LogP contribution < -0.4 is 10.2 Å². The number of thiazole rings is 1. The Morgan fingerprint density at radius 2 is 2.03 bits per heavy atom. The molecule has 8 nitrogen and oxygen atoms in total. The zero-order valence-electron chi connectivity index (χ0n) is 16.9. The number of nitrogens with zero attached hydrogens (tertiary/aromatic N) is 3. The van der Waals surface area contributed by atoms with E-state index in [2.05, 4.69) is 10.2 Å². The second-order valence-electron chi connectivity index (χ2n) is 7.71. The van der Waals surface area contributed by atoms with Gasteiger partial charge in [-0.3, -0.25) is 9.69 Å². The number of hydrogen-bond acceptors (Lipinski definition) is 8. The number of aromatic nitrogens is 1. The van der Waals surface area contributed by atoms with Crippen molar-refractivity contribution < 1.29 is 17.9 Å². The van der Waals surface area contributed by atoms with E-state index in [1.165, 1.54) is 0 Å². The van der Waals surface area contributed by atoms with Crippen LogP contribution in [0.4, 0.5) is 10.8 Å². The van der Waals surface area contributed by atoms with Gasteiger partial charge < -0.3 is 15.0 Å². The number of carbonyl (C=O) groups excluding carboxylic acids is 1. The Morgan fingerprint density at radius 3 is 2.70 bits per heavy atom. The first-order chi connectivity index (χ1) is 14.4. The number of hydrogen-bond donors (Lipinski definition) is 1. The van der Waals surface area contributed by atoms with Crippen LogP contribution in [0.1, 0.15) is 6.42 Å². The van der Waals surface area contributed by atoms with Crippen LogP contribution in [-0.2, 0) is 19.4 Å². The van der Waals surface area contributed by atoms with Crippen molar-refractivity contribution in [3.63, 3.8) is 0 Å². The lowest BCUT2D eigenvalue weighted by atomic mass is 10.1. The molecule has 0 saturated carbocycles. The van der Waals surface area contributed by atoms with Crippen LogP contribution in [0.3, 0.4) is 0 Å². The van der Waals surface area contributed by atoms with Gasteiger partial charge in [0.2, 0.25) is 5.91 Å². The van der Waals surface area contributed by atoms with Gasteiger partial charge in [0, 0.05) is 35.8 Å². The van der Waals surface area contributed by atoms with Crippen LogP contribution in [0.15, 0.2) is 29.6 Å². The second kappa shape index (κ2) is 9.01. The van der Waals surface area contributed by atoms with Crippen molar-refractivity contribution in [1.29, 1.82) is 0 Å². The predicted molar refractivity (Wildman–Crippen MR) is 119 cm³/mol. The molecule has 0 radical (unpaired) electrons. The molecule has 10 heteroatoms. The van der Waals surface area contributed by atoms with Crippen molar-refractivity contribution in [2.45, 2.75) is 12.5 Å². The average molecular weight is 451 g/mol. The van der Waals surface area contributed by atoms with Crippen molar-refractivity contribution in [1.82, 2.24) is 9.88 Å². The van der Waals surface area contributed by atoms with E-state index in [-0.39, 0.29) is 30.0 Å². The number of amides is 1. The molecule has 1 amide bonds. The lowest BCUT2D eigenvalue weighted by Crippen LogP contribution is -2.38. The van der Waals surface area contributed by atoms with E-state index in [9.17, 15) is 13.2 Å². The summed E-state index contributed by atoms with van der Waals surface area (Å²) in [7, 11) is -1.17. The summed E-state index contributed by atoms with van der Waals surface area (Å²) in [5.74, 6) is 0.179. The smallest absolute Gasteiger partial charge is 0.238 e. The molecule has 162 valence electrons. The van der Waals surface area contributed by atoms with Crippen LogP contribution in [0.2, 0.25) is 0 Å². The summed E-state index contributed by atoms with van der Waals surface area (Å²) in [5.41, 5.74) is 2.62. The number of nitrogens with one attached hydrogen (secondary N) is 1. The average Bonchev–Trinajstić information content (AvgIpc) is 3.36. The molecule has 0 aliphatic carbocycles. The Balaban J connectivity index is 1.32. The van der Waals surface area contributed by atoms with E-state index >= 15 is 0 Å². The zero-order chi connectivity index (χ0) is 21.1. The molecule has 1 atom stereocenters. The topological polar surface area (TPSA) is 91.8 Å². The largest absolute Gasteiger partial charge is 0.378 e. The number of ether oxygens (including phenoxy) is 1. The fraction of sp³-hybridized carbons (Fsp3) is 0.500. The maximum atomic E-state index is 12.3. The molecule has 3 heterocycles. The molecule has 2 aliphatic rings. The third-order valence-corrected chi connectivity index (χ3v) is 8.11. The number of carbonyl (C=O) groups is 1. The van der Waals surface area contributed by atoms with Crippen molar-refractivity contribution in [3.8, 4) is 11.3 Å². The van der Waals surface area contributed by atoms with Gasteiger partial charge in [-0.1, -0.05) is 12.1 Å². The molecule has 0 spiro atoms. The molecule has 30 heavy (non-hydrogen) atoms. The van der Waals surface area contributed by atoms with Crippen molar-refractivity contribution in [2.75, 3.05) is 61.6 Å². The van der Waals surface area contributed by atoms with Gasteiger partial charge in [0.1, 0.15) is 0 Å². The Morgan fingerprint density at radius 1 is 1.30 bits per heavy atom. The number of morpholine rings is 1. The highest BCUT2D eigenvalue weighted by molar-refractivity contribution is 7.91. The Hall–Kier alpha value is -2.01. The summed E-state index contributed by atoms with van der Waals surface area (Å²) in [6.07, 6.45) is 0.584. The third kappa shape index (κ3) is 5.18. The second-order valence-corrected chi connectivity index (χ2v) is 10.8. The fourth-order valence-corrected chi connectivity index (χ4v) is 6.39. The first kappa shape index (κ1) is 21.2. The number of rotatable bonds is 6. The van der Waals surface area contributed by atoms with Crippen LogP contribution in [0.5, 0.6) is 0 Å². The summed E-state index contributed by atoms with van der Waals surface area (Å²) in [6.45, 7) is 3.35. The van der Waals surface area contributed by atoms with E-state index in [1.807, 2.05) is 34.5 Å². The molecule has 1 aromatic heterocycles. The minimum absolute atomic E-state index is 0.0894. The van der Waals surface area contributed by atoms with Crippen LogP contribution in [0, 0.1) is 0 Å². The summed E-state index contributed by atoms with van der Waals surface area (Å²) in [4.78, 5) is 21.1. The normalized spacial score (nSPS) is 21.1. The first-order valence-corrected chi connectivity index (χ1v) is 12.7. The molecule has 2 saturated heterocycles. The minimum atomic E-state index is -2.96. The minimum Gasteiger partial charge on any atom is -0.378 e. The molecule has 2 aromatic rings. The molecular formula is C20H26N4O4S2. The molecule has 0 bridgehead atoms. The summed E-state index contributed by atoms with van der Waals surface area (Å²) in [6, 6.07) is 7.53. The van der Waals surface area contributed by atoms with Gasteiger partial charge >= 0.3 is 0 Å². The Bertz CT molecular complexity index is 984. The highest BCUT2D eigenvalue weighted by Gasteiger charge is 2.31. The van der Waals surface area contributed by atoms with E-state index < -0.39 is 9.84 Å². The van der Waals surface area contributed by atoms with Gasteiger partial charge in [0.15, 0.2) is 15.0 Å². The van der Waals surface area contributed by atoms with E-state index in [1.54, 1.807) is 18.4 Å². The standard InChI is InChI=1S/C20H26N4O4S2/c1-23(17-6-11-30(26,27)14-17)12-19(25)21-16-4-2-15(3-5-16)18-13-29-20(22-18)24-7-9-28-10-8-24/h2-5,13,17H,6-12,14H2,1H3,(H,21,25)/t17-/m0/s1. The number of benzene rings is 1. The molecular weight excluding hydrogens is 424 g/mol. The third-order valence-electron chi connectivity index (χ3n) is 5.46. The molecule has 4 rings (SSSR count). The Labute approximate surface area is 180 Å². The lowest BCUT2D eigenvalue weighted by Gasteiger charge is -2.26. The van der Waals surface area contributed by atoms with Crippen molar-refractivity contribution >= 4 is 37.9 Å². The zero-order valence-corrected chi connectivity index (χ0v) is 18.5. The van der Waals surface area contributed by atoms with Gasteiger partial charge in [-0.05, 0) is 25.6 Å². The van der Waals surface area contributed by atoms with Crippen LogP contribution in [-0.4, -0.2) is 81.7 Å². The highest BCUT2D eigenvalue weighted by atomic mass is 32.2. The van der Waals surface area contributed by atoms with Gasteiger partial charge in [-0.2, -0.15) is 0 Å². The van der Waals surface area contributed by atoms with Crippen molar-refractivity contribution in [2.24, 2.45) is 0 Å². The quantitative estimate of drug-likeness (QED) is 0.716. The van der Waals surface area contributed by atoms with E-state index in [4.69, 9.17) is 9.72 Å². The van der Waals surface area contributed by atoms with Crippen LogP contribution in [0.25, 0.3) is 11.3 Å². The monoisotopic (exact) mass is 450 g/mol. The van der Waals surface area contributed by atoms with Gasteiger partial charge in [-0.25, -0.2) is 13.4 Å². The summed E-state index contributed by atoms with van der Waals surface area (Å²) >= 11 is 1.63. The molecule has 2 fully saturated rings. The fourth-order valence-electron chi connectivity index (χ4n) is 3.70.